The average Bonchev–Trinajstić information content (AvgIpc) is 2.74. The molecule has 0 aromatic heterocycles. The highest BCUT2D eigenvalue weighted by molar-refractivity contribution is 5.76. The predicted molar refractivity (Wildman–Crippen MR) is 113 cm³/mol. The van der Waals surface area contributed by atoms with Crippen molar-refractivity contribution in [1.29, 1.82) is 0 Å². The summed E-state index contributed by atoms with van der Waals surface area (Å²) in [6, 6.07) is 11.0. The first-order valence-electron chi connectivity index (χ1n) is 11.1. The maximum Gasteiger partial charge on any atom is 0.220 e. The van der Waals surface area contributed by atoms with E-state index >= 15 is 0 Å². The van der Waals surface area contributed by atoms with Gasteiger partial charge in [-0.2, -0.15) is 0 Å². The van der Waals surface area contributed by atoms with E-state index in [-0.39, 0.29) is 12.5 Å². The zero-order valence-electron chi connectivity index (χ0n) is 17.2. The zero-order valence-corrected chi connectivity index (χ0v) is 17.2. The number of benzene rings is 1. The molecule has 3 rings (SSSR count). The van der Waals surface area contributed by atoms with Gasteiger partial charge < -0.3 is 10.4 Å². The number of aliphatic hydroxyl groups excluding tert-OH is 1. The third-order valence-corrected chi connectivity index (χ3v) is 6.33. The second-order valence-electron chi connectivity index (χ2n) is 8.48. The van der Waals surface area contributed by atoms with Crippen LogP contribution in [0, 0.1) is 5.92 Å². The Hall–Kier alpha value is -1.43. The Balaban J connectivity index is 1.26. The number of piperidine rings is 2. The average molecular weight is 388 g/mol. The Bertz CT molecular complexity index is 572. The summed E-state index contributed by atoms with van der Waals surface area (Å²) in [5.41, 5.74) is 1.37. The van der Waals surface area contributed by atoms with Crippen LogP contribution in [0.3, 0.4) is 0 Å². The van der Waals surface area contributed by atoms with E-state index in [1.165, 1.54) is 18.4 Å². The van der Waals surface area contributed by atoms with Crippen LogP contribution in [0.4, 0.5) is 0 Å². The third kappa shape index (κ3) is 6.87. The molecule has 28 heavy (non-hydrogen) atoms. The zero-order chi connectivity index (χ0) is 19.6. The second kappa shape index (κ2) is 11.5. The molecule has 0 spiro atoms. The summed E-state index contributed by atoms with van der Waals surface area (Å²) in [4.78, 5) is 17.2. The van der Waals surface area contributed by atoms with Crippen molar-refractivity contribution in [1.82, 2.24) is 15.1 Å². The number of hydrogen-bond donors (Lipinski definition) is 2. The van der Waals surface area contributed by atoms with E-state index in [1.807, 2.05) is 0 Å². The molecule has 0 aliphatic carbocycles. The number of amides is 1. The highest BCUT2D eigenvalue weighted by atomic mass is 16.3. The molecule has 5 heteroatoms. The summed E-state index contributed by atoms with van der Waals surface area (Å²) in [5, 5.41) is 12.6. The van der Waals surface area contributed by atoms with Gasteiger partial charge in [-0.15, -0.1) is 0 Å². The summed E-state index contributed by atoms with van der Waals surface area (Å²) in [6.07, 6.45) is 7.43. The van der Waals surface area contributed by atoms with E-state index in [0.717, 1.165) is 65.0 Å². The van der Waals surface area contributed by atoms with Gasteiger partial charge in [0.05, 0.1) is 6.61 Å². The van der Waals surface area contributed by atoms with Crippen LogP contribution in [0.2, 0.25) is 0 Å². The van der Waals surface area contributed by atoms with Gasteiger partial charge in [0, 0.05) is 32.1 Å². The van der Waals surface area contributed by atoms with Gasteiger partial charge in [-0.3, -0.25) is 14.6 Å². The van der Waals surface area contributed by atoms with Crippen LogP contribution >= 0.6 is 0 Å². The van der Waals surface area contributed by atoms with Gasteiger partial charge in [-0.25, -0.2) is 0 Å². The largest absolute Gasteiger partial charge is 0.395 e. The van der Waals surface area contributed by atoms with Crippen molar-refractivity contribution in [3.63, 3.8) is 0 Å². The minimum atomic E-state index is 0.207. The van der Waals surface area contributed by atoms with Crippen molar-refractivity contribution >= 4 is 5.91 Å². The van der Waals surface area contributed by atoms with Crippen LogP contribution in [0.1, 0.15) is 50.5 Å². The first-order valence-corrected chi connectivity index (χ1v) is 11.1. The maximum atomic E-state index is 12.3. The van der Waals surface area contributed by atoms with E-state index in [1.54, 1.807) is 0 Å². The number of carbonyl (C=O) groups excluding carboxylic acids is 1. The minimum Gasteiger partial charge on any atom is -0.395 e. The number of likely N-dealkylation sites (tertiary alicyclic amines) is 2. The molecule has 2 fully saturated rings. The Kier molecular flexibility index (Phi) is 8.77. The Morgan fingerprint density at radius 3 is 2.61 bits per heavy atom. The molecule has 0 saturated carbocycles. The molecule has 2 aliphatic heterocycles. The first kappa shape index (κ1) is 21.3. The van der Waals surface area contributed by atoms with Crippen molar-refractivity contribution in [2.24, 2.45) is 5.92 Å². The van der Waals surface area contributed by atoms with Crippen molar-refractivity contribution in [3.05, 3.63) is 35.9 Å². The molecular weight excluding hydrogens is 350 g/mol. The summed E-state index contributed by atoms with van der Waals surface area (Å²) < 4.78 is 0. The number of carbonyl (C=O) groups is 1. The van der Waals surface area contributed by atoms with E-state index < -0.39 is 0 Å². The fraction of sp³-hybridized carbons (Fsp3) is 0.696. The smallest absolute Gasteiger partial charge is 0.220 e. The molecule has 1 amide bonds. The molecule has 1 aromatic rings. The number of nitrogens with one attached hydrogen (secondary N) is 1. The molecule has 1 atom stereocenters. The third-order valence-electron chi connectivity index (χ3n) is 6.33. The summed E-state index contributed by atoms with van der Waals surface area (Å²) in [7, 11) is 0. The molecule has 2 aliphatic rings. The molecule has 0 radical (unpaired) electrons. The fourth-order valence-electron chi connectivity index (χ4n) is 4.60. The summed E-state index contributed by atoms with van der Waals surface area (Å²) in [6.45, 7) is 6.26. The van der Waals surface area contributed by atoms with Crippen molar-refractivity contribution in [2.45, 2.75) is 57.5 Å². The van der Waals surface area contributed by atoms with Gasteiger partial charge in [0.2, 0.25) is 5.91 Å². The van der Waals surface area contributed by atoms with E-state index in [0.29, 0.717) is 18.4 Å². The van der Waals surface area contributed by atoms with Gasteiger partial charge in [-0.05, 0) is 63.2 Å². The normalized spacial score (nSPS) is 22.2. The molecule has 1 unspecified atom stereocenters. The molecule has 2 N–H and O–H groups in total. The molecule has 2 saturated heterocycles. The number of rotatable bonds is 9. The van der Waals surface area contributed by atoms with Crippen molar-refractivity contribution < 1.29 is 9.90 Å². The number of hydrogen-bond acceptors (Lipinski definition) is 4. The standard InChI is InChI=1S/C23H37N3O2/c27-19-22-9-4-5-13-26(22)14-6-12-24-23(28)17-20-10-15-25(16-11-20)18-21-7-2-1-3-8-21/h1-3,7-8,20,22,27H,4-6,9-19H2,(H,24,28). The van der Waals surface area contributed by atoms with E-state index in [9.17, 15) is 9.90 Å². The lowest BCUT2D eigenvalue weighted by molar-refractivity contribution is -0.122. The molecule has 1 aromatic carbocycles. The van der Waals surface area contributed by atoms with Gasteiger partial charge in [-0.1, -0.05) is 36.8 Å². The lowest BCUT2D eigenvalue weighted by atomic mass is 9.93. The monoisotopic (exact) mass is 387 g/mol. The van der Waals surface area contributed by atoms with Crippen molar-refractivity contribution in [3.8, 4) is 0 Å². The molecule has 156 valence electrons. The minimum absolute atomic E-state index is 0.207. The lowest BCUT2D eigenvalue weighted by Crippen LogP contribution is -2.43. The van der Waals surface area contributed by atoms with Crippen LogP contribution in [0.25, 0.3) is 0 Å². The van der Waals surface area contributed by atoms with Crippen LogP contribution in [-0.2, 0) is 11.3 Å². The van der Waals surface area contributed by atoms with Gasteiger partial charge in [0.25, 0.3) is 0 Å². The lowest BCUT2D eigenvalue weighted by Gasteiger charge is -2.34. The van der Waals surface area contributed by atoms with E-state index in [4.69, 9.17) is 0 Å². The molecule has 5 nitrogen and oxygen atoms in total. The summed E-state index contributed by atoms with van der Waals surface area (Å²) in [5.74, 6) is 0.728. The van der Waals surface area contributed by atoms with Gasteiger partial charge in [0.1, 0.15) is 0 Å². The topological polar surface area (TPSA) is 55.8 Å². The van der Waals surface area contributed by atoms with Crippen molar-refractivity contribution in [2.75, 3.05) is 39.3 Å². The Morgan fingerprint density at radius 1 is 1.07 bits per heavy atom. The predicted octanol–water partition coefficient (Wildman–Crippen LogP) is 2.64. The summed E-state index contributed by atoms with van der Waals surface area (Å²) >= 11 is 0. The Morgan fingerprint density at radius 2 is 1.86 bits per heavy atom. The van der Waals surface area contributed by atoms with E-state index in [2.05, 4.69) is 45.4 Å². The molecule has 2 heterocycles. The SMILES string of the molecule is O=C(CC1CCN(Cc2ccccc2)CC1)NCCCN1CCCCC1CO. The first-order chi connectivity index (χ1) is 13.7. The Labute approximate surface area is 170 Å². The van der Waals surface area contributed by atoms with Gasteiger partial charge >= 0.3 is 0 Å². The van der Waals surface area contributed by atoms with Crippen LogP contribution in [-0.4, -0.2) is 66.2 Å². The highest BCUT2D eigenvalue weighted by Crippen LogP contribution is 2.22. The second-order valence-corrected chi connectivity index (χ2v) is 8.48. The molecular formula is C23H37N3O2. The van der Waals surface area contributed by atoms with Crippen LogP contribution in [0.15, 0.2) is 30.3 Å². The van der Waals surface area contributed by atoms with Gasteiger partial charge in [0.15, 0.2) is 0 Å². The van der Waals surface area contributed by atoms with Crippen LogP contribution in [0.5, 0.6) is 0 Å². The number of aliphatic hydroxyl groups is 1. The van der Waals surface area contributed by atoms with Crippen LogP contribution < -0.4 is 5.32 Å². The molecule has 0 bridgehead atoms. The quantitative estimate of drug-likeness (QED) is 0.640. The maximum absolute atomic E-state index is 12.3. The number of nitrogens with zero attached hydrogens (tertiary/aromatic N) is 2. The highest BCUT2D eigenvalue weighted by Gasteiger charge is 2.22. The fourth-order valence-corrected chi connectivity index (χ4v) is 4.60.